The number of aromatic nitrogens is 1. The zero-order valence-corrected chi connectivity index (χ0v) is 24.3. The third-order valence-corrected chi connectivity index (χ3v) is 8.93. The molecular formula is C31H35N5O4S. The molecule has 10 heteroatoms. The number of benzene rings is 2. The van der Waals surface area contributed by atoms with Crippen molar-refractivity contribution in [1.29, 1.82) is 5.41 Å². The number of fused-ring (bicyclic) bond motifs is 3. The van der Waals surface area contributed by atoms with Gasteiger partial charge in [-0.25, -0.2) is 4.79 Å². The molecule has 0 radical (unpaired) electrons. The Labute approximate surface area is 244 Å². The van der Waals surface area contributed by atoms with E-state index in [1.807, 2.05) is 59.2 Å². The van der Waals surface area contributed by atoms with Gasteiger partial charge in [-0.3, -0.25) is 15.0 Å². The monoisotopic (exact) mass is 573 g/mol. The van der Waals surface area contributed by atoms with Crippen molar-refractivity contribution < 1.29 is 19.1 Å². The van der Waals surface area contributed by atoms with Crippen molar-refractivity contribution in [3.8, 4) is 0 Å². The molecule has 41 heavy (non-hydrogen) atoms. The highest BCUT2D eigenvalue weighted by molar-refractivity contribution is 8.13. The van der Waals surface area contributed by atoms with Crippen LogP contribution in [-0.4, -0.2) is 76.4 Å². The summed E-state index contributed by atoms with van der Waals surface area (Å²) < 4.78 is 7.52. The molecule has 1 saturated heterocycles. The lowest BCUT2D eigenvalue weighted by Crippen LogP contribution is -2.58. The van der Waals surface area contributed by atoms with Crippen molar-refractivity contribution in [3.05, 3.63) is 94.8 Å². The number of carbonyl (C=O) groups excluding carboxylic acids is 3. The fraction of sp³-hybridized carbons (Fsp3) is 0.355. The first-order chi connectivity index (χ1) is 19.7. The molecule has 0 bridgehead atoms. The maximum Gasteiger partial charge on any atom is 0.332 e. The number of hydrogen-bond donors (Lipinski definition) is 2. The van der Waals surface area contributed by atoms with E-state index in [0.717, 1.165) is 16.8 Å². The van der Waals surface area contributed by atoms with Gasteiger partial charge in [0.15, 0.2) is 10.7 Å². The Hall–Kier alpha value is -4.05. The number of methoxy groups -OCH3 is 1. The van der Waals surface area contributed by atoms with Crippen molar-refractivity contribution in [2.45, 2.75) is 30.8 Å². The summed E-state index contributed by atoms with van der Waals surface area (Å²) in [6, 6.07) is 20.6. The second kappa shape index (κ2) is 11.4. The third kappa shape index (κ3) is 5.01. The van der Waals surface area contributed by atoms with E-state index in [1.54, 1.807) is 31.1 Å². The highest BCUT2D eigenvalue weighted by atomic mass is 32.2. The van der Waals surface area contributed by atoms with Gasteiger partial charge in [-0.05, 0) is 41.7 Å². The van der Waals surface area contributed by atoms with Crippen molar-refractivity contribution in [3.63, 3.8) is 0 Å². The van der Waals surface area contributed by atoms with E-state index in [2.05, 4.69) is 0 Å². The quantitative estimate of drug-likeness (QED) is 0.242. The number of esters is 1. The molecule has 1 aromatic heterocycles. The number of rotatable bonds is 8. The molecule has 0 unspecified atom stereocenters. The van der Waals surface area contributed by atoms with Crippen LogP contribution in [0.3, 0.4) is 0 Å². The second-order valence-electron chi connectivity index (χ2n) is 10.8. The van der Waals surface area contributed by atoms with Crippen molar-refractivity contribution in [2.75, 3.05) is 33.5 Å². The summed E-state index contributed by atoms with van der Waals surface area (Å²) >= 11 is 1.23. The fourth-order valence-electron chi connectivity index (χ4n) is 6.62. The molecule has 1 aliphatic carbocycles. The van der Waals surface area contributed by atoms with Crippen LogP contribution in [0.4, 0.5) is 0 Å². The number of amidine groups is 1. The molecule has 0 saturated carbocycles. The Morgan fingerprint density at radius 3 is 2.37 bits per heavy atom. The maximum atomic E-state index is 14.1. The number of likely N-dealkylation sites (tertiary alicyclic amines) is 1. The van der Waals surface area contributed by atoms with Gasteiger partial charge in [0.1, 0.15) is 5.69 Å². The van der Waals surface area contributed by atoms with Crippen LogP contribution < -0.4 is 5.73 Å². The maximum absolute atomic E-state index is 14.1. The summed E-state index contributed by atoms with van der Waals surface area (Å²) in [6.45, 7) is 0.874. The first-order valence-corrected chi connectivity index (χ1v) is 14.6. The van der Waals surface area contributed by atoms with E-state index in [-0.39, 0.29) is 35.2 Å². The van der Waals surface area contributed by atoms with Crippen LogP contribution in [0.5, 0.6) is 0 Å². The molecule has 3 atom stereocenters. The summed E-state index contributed by atoms with van der Waals surface area (Å²) in [7, 11) is 4.79. The number of thioether (sulfide) groups is 1. The van der Waals surface area contributed by atoms with Gasteiger partial charge in [-0.15, -0.1) is 0 Å². The number of nitrogens with one attached hydrogen (secondary N) is 1. The molecule has 2 amide bonds. The van der Waals surface area contributed by atoms with Crippen LogP contribution in [0.15, 0.2) is 66.7 Å². The Morgan fingerprint density at radius 1 is 1.10 bits per heavy atom. The predicted molar refractivity (Wildman–Crippen MR) is 159 cm³/mol. The molecule has 3 N–H and O–H groups in total. The topological polar surface area (TPSA) is 122 Å². The SMILES string of the molecule is COC(=O)[C@@]1(Cc2ccccc2)[C@H]2c3cc(C(=O)N(C)C)n(CCSC(=N)N)c3C[C@H]2CN1C(=O)c1ccccc1. The summed E-state index contributed by atoms with van der Waals surface area (Å²) in [5.41, 5.74) is 8.12. The molecule has 2 aliphatic rings. The van der Waals surface area contributed by atoms with Crippen LogP contribution in [0.2, 0.25) is 0 Å². The number of amides is 2. The van der Waals surface area contributed by atoms with E-state index in [1.165, 1.54) is 23.8 Å². The Morgan fingerprint density at radius 2 is 1.76 bits per heavy atom. The number of ether oxygens (including phenoxy) is 1. The smallest absolute Gasteiger partial charge is 0.332 e. The van der Waals surface area contributed by atoms with Crippen LogP contribution in [-0.2, 0) is 28.9 Å². The first kappa shape index (κ1) is 28.5. The third-order valence-electron chi connectivity index (χ3n) is 8.24. The van der Waals surface area contributed by atoms with Gasteiger partial charge in [0.2, 0.25) is 0 Å². The summed E-state index contributed by atoms with van der Waals surface area (Å²) in [5, 5.41) is 7.64. The Kier molecular flexibility index (Phi) is 7.95. The average molecular weight is 574 g/mol. The van der Waals surface area contributed by atoms with Gasteiger partial charge < -0.3 is 24.8 Å². The molecule has 0 spiro atoms. The Balaban J connectivity index is 1.68. The largest absolute Gasteiger partial charge is 0.467 e. The molecule has 214 valence electrons. The van der Waals surface area contributed by atoms with E-state index < -0.39 is 11.5 Å². The summed E-state index contributed by atoms with van der Waals surface area (Å²) in [6.07, 6.45) is 0.888. The molecule has 1 aliphatic heterocycles. The highest BCUT2D eigenvalue weighted by Gasteiger charge is 2.64. The molecule has 9 nitrogen and oxygen atoms in total. The molecule has 2 heterocycles. The van der Waals surface area contributed by atoms with Gasteiger partial charge in [-0.1, -0.05) is 60.3 Å². The predicted octanol–water partition coefficient (Wildman–Crippen LogP) is 3.38. The zero-order valence-electron chi connectivity index (χ0n) is 23.5. The molecule has 3 aromatic rings. The lowest BCUT2D eigenvalue weighted by molar-refractivity contribution is -0.153. The standard InChI is InChI=1S/C31H35N5O4S/c1-34(2)28(38)25-17-23-24(35(25)14-15-41-30(32)33)16-22-19-36(27(37)21-12-8-5-9-13-21)31(26(22)23,29(39)40-3)18-20-10-6-4-7-11-20/h4-13,17,22,26H,14-16,18-19H2,1-3H3,(H3,32,33)/t22-,26+,31+/m0/s1. The van der Waals surface area contributed by atoms with Crippen LogP contribution in [0.25, 0.3) is 0 Å². The minimum atomic E-state index is -1.31. The first-order valence-electron chi connectivity index (χ1n) is 13.6. The Bertz CT molecular complexity index is 1470. The van der Waals surface area contributed by atoms with Gasteiger partial charge in [-0.2, -0.15) is 0 Å². The molecular weight excluding hydrogens is 538 g/mol. The zero-order chi connectivity index (χ0) is 29.3. The lowest BCUT2D eigenvalue weighted by Gasteiger charge is -2.40. The van der Waals surface area contributed by atoms with Crippen LogP contribution >= 0.6 is 11.8 Å². The van der Waals surface area contributed by atoms with E-state index in [9.17, 15) is 14.4 Å². The minimum absolute atomic E-state index is 0.0220. The van der Waals surface area contributed by atoms with E-state index in [0.29, 0.717) is 36.5 Å². The second-order valence-corrected chi connectivity index (χ2v) is 11.9. The van der Waals surface area contributed by atoms with Gasteiger partial charge >= 0.3 is 5.97 Å². The van der Waals surface area contributed by atoms with Crippen LogP contribution in [0, 0.1) is 11.3 Å². The van der Waals surface area contributed by atoms with Gasteiger partial charge in [0.25, 0.3) is 11.8 Å². The molecule has 5 rings (SSSR count). The van der Waals surface area contributed by atoms with Gasteiger partial charge in [0, 0.05) is 56.5 Å². The number of hydrogen-bond acceptors (Lipinski definition) is 6. The van der Waals surface area contributed by atoms with E-state index in [4.69, 9.17) is 15.9 Å². The minimum Gasteiger partial charge on any atom is -0.467 e. The number of carbonyl (C=O) groups is 3. The number of nitrogens with two attached hydrogens (primary N) is 1. The normalized spacial score (nSPS) is 20.8. The van der Waals surface area contributed by atoms with Crippen molar-refractivity contribution in [1.82, 2.24) is 14.4 Å². The fourth-order valence-corrected chi connectivity index (χ4v) is 7.11. The average Bonchev–Trinajstić information content (AvgIpc) is 3.60. The van der Waals surface area contributed by atoms with Crippen molar-refractivity contribution in [2.24, 2.45) is 11.7 Å². The highest BCUT2D eigenvalue weighted by Crippen LogP contribution is 2.55. The lowest BCUT2D eigenvalue weighted by atomic mass is 9.75. The number of nitrogens with zero attached hydrogens (tertiary/aromatic N) is 3. The van der Waals surface area contributed by atoms with E-state index >= 15 is 0 Å². The van der Waals surface area contributed by atoms with Crippen LogP contribution in [0.1, 0.15) is 43.6 Å². The van der Waals surface area contributed by atoms with Gasteiger partial charge in [0.05, 0.1) is 7.11 Å². The summed E-state index contributed by atoms with van der Waals surface area (Å²) in [4.78, 5) is 44.8. The van der Waals surface area contributed by atoms with Crippen molar-refractivity contribution >= 4 is 34.7 Å². The molecule has 1 fully saturated rings. The molecule has 2 aromatic carbocycles. The summed E-state index contributed by atoms with van der Waals surface area (Å²) in [5.74, 6) is -0.703.